The Balaban J connectivity index is 1.58. The molecule has 1 fully saturated rings. The maximum atomic E-state index is 14.3. The molecule has 0 amide bonds. The Kier molecular flexibility index (Phi) is 7.20. The molecule has 1 aromatic rings. The molecule has 2 aliphatic carbocycles. The van der Waals surface area contributed by atoms with Crippen molar-refractivity contribution in [3.05, 3.63) is 64.5 Å². The third-order valence-electron chi connectivity index (χ3n) is 6.33. The van der Waals surface area contributed by atoms with Gasteiger partial charge in [0.25, 0.3) is 0 Å². The summed E-state index contributed by atoms with van der Waals surface area (Å²) in [4.78, 5) is 0. The monoisotopic (exact) mass is 388 g/mol. The Bertz CT molecular complexity index is 764. The predicted octanol–water partition coefficient (Wildman–Crippen LogP) is 7.95. The van der Waals surface area contributed by atoms with Gasteiger partial charge in [-0.3, -0.25) is 0 Å². The molecule has 0 radical (unpaired) electrons. The van der Waals surface area contributed by atoms with Gasteiger partial charge >= 0.3 is 0 Å². The zero-order valence-corrected chi connectivity index (χ0v) is 17.0. The number of hydrogen-bond donors (Lipinski definition) is 0. The highest BCUT2D eigenvalue weighted by Gasteiger charge is 2.25. The molecule has 1 aromatic carbocycles. The SMILES string of the molecule is CCCc1ccc(/C=C/C2CCC(C3=CC[C@H](CC)C(F)=C3)CC2)c(F)c1F. The van der Waals surface area contributed by atoms with Gasteiger partial charge in [-0.15, -0.1) is 0 Å². The van der Waals surface area contributed by atoms with E-state index in [1.807, 2.05) is 19.9 Å². The molecule has 1 atom stereocenters. The van der Waals surface area contributed by atoms with E-state index in [4.69, 9.17) is 0 Å². The number of allylic oxidation sites excluding steroid dienone is 5. The van der Waals surface area contributed by atoms with Gasteiger partial charge in [0, 0.05) is 11.5 Å². The Hall–Kier alpha value is -1.77. The third-order valence-corrected chi connectivity index (χ3v) is 6.33. The Morgan fingerprint density at radius 3 is 2.39 bits per heavy atom. The van der Waals surface area contributed by atoms with Crippen LogP contribution in [0.1, 0.15) is 69.9 Å². The lowest BCUT2D eigenvalue weighted by molar-refractivity contribution is 0.343. The summed E-state index contributed by atoms with van der Waals surface area (Å²) in [5.41, 5.74) is 1.93. The number of aryl methyl sites for hydroxylation is 1. The molecule has 0 unspecified atom stereocenters. The fraction of sp³-hybridized carbons (Fsp3) is 0.520. The zero-order valence-electron chi connectivity index (χ0n) is 17.0. The van der Waals surface area contributed by atoms with Crippen molar-refractivity contribution in [2.75, 3.05) is 0 Å². The van der Waals surface area contributed by atoms with Crippen molar-refractivity contribution in [2.24, 2.45) is 17.8 Å². The molecule has 2 aliphatic rings. The van der Waals surface area contributed by atoms with Crippen molar-refractivity contribution >= 4 is 6.08 Å². The lowest BCUT2D eigenvalue weighted by Crippen LogP contribution is -2.16. The van der Waals surface area contributed by atoms with Crippen molar-refractivity contribution in [1.29, 1.82) is 0 Å². The van der Waals surface area contributed by atoms with Gasteiger partial charge in [0.1, 0.15) is 5.83 Å². The fourth-order valence-electron chi connectivity index (χ4n) is 4.45. The summed E-state index contributed by atoms with van der Waals surface area (Å²) < 4.78 is 42.5. The topological polar surface area (TPSA) is 0 Å². The van der Waals surface area contributed by atoms with E-state index in [0.717, 1.165) is 50.5 Å². The summed E-state index contributed by atoms with van der Waals surface area (Å²) >= 11 is 0. The van der Waals surface area contributed by atoms with Crippen LogP contribution < -0.4 is 0 Å². The first-order valence-corrected chi connectivity index (χ1v) is 10.8. The van der Waals surface area contributed by atoms with E-state index in [9.17, 15) is 13.2 Å². The number of halogens is 3. The van der Waals surface area contributed by atoms with Gasteiger partial charge in [-0.1, -0.05) is 50.6 Å². The van der Waals surface area contributed by atoms with E-state index in [-0.39, 0.29) is 11.7 Å². The van der Waals surface area contributed by atoms with Crippen LogP contribution in [0.4, 0.5) is 13.2 Å². The van der Waals surface area contributed by atoms with E-state index in [2.05, 4.69) is 6.08 Å². The van der Waals surface area contributed by atoms with Crippen LogP contribution in [-0.4, -0.2) is 0 Å². The first-order valence-electron chi connectivity index (χ1n) is 10.8. The highest BCUT2D eigenvalue weighted by molar-refractivity contribution is 5.51. The molecule has 0 bridgehead atoms. The van der Waals surface area contributed by atoms with E-state index in [1.54, 1.807) is 24.3 Å². The van der Waals surface area contributed by atoms with Crippen LogP contribution in [0.2, 0.25) is 0 Å². The molecule has 0 heterocycles. The van der Waals surface area contributed by atoms with Crippen LogP contribution in [-0.2, 0) is 6.42 Å². The molecule has 0 spiro atoms. The van der Waals surface area contributed by atoms with Crippen molar-refractivity contribution in [3.63, 3.8) is 0 Å². The first kappa shape index (κ1) is 21.0. The Morgan fingerprint density at radius 1 is 1.00 bits per heavy atom. The maximum Gasteiger partial charge on any atom is 0.166 e. The number of hydrogen-bond acceptors (Lipinski definition) is 0. The lowest BCUT2D eigenvalue weighted by Gasteiger charge is -2.29. The molecule has 0 aromatic heterocycles. The predicted molar refractivity (Wildman–Crippen MR) is 111 cm³/mol. The van der Waals surface area contributed by atoms with E-state index in [1.165, 1.54) is 0 Å². The van der Waals surface area contributed by atoms with Crippen LogP contribution in [0.15, 0.2) is 41.8 Å². The van der Waals surface area contributed by atoms with Gasteiger partial charge in [-0.05, 0) is 74.0 Å². The highest BCUT2D eigenvalue weighted by Crippen LogP contribution is 2.38. The first-order chi connectivity index (χ1) is 13.5. The second-order valence-corrected chi connectivity index (χ2v) is 8.24. The van der Waals surface area contributed by atoms with E-state index in [0.29, 0.717) is 29.4 Å². The molecule has 0 nitrogen and oxygen atoms in total. The largest absolute Gasteiger partial charge is 0.212 e. The molecule has 0 aliphatic heterocycles. The summed E-state index contributed by atoms with van der Waals surface area (Å²) in [6, 6.07) is 3.37. The second-order valence-electron chi connectivity index (χ2n) is 8.24. The highest BCUT2D eigenvalue weighted by atomic mass is 19.2. The van der Waals surface area contributed by atoms with Crippen molar-refractivity contribution in [3.8, 4) is 0 Å². The smallest absolute Gasteiger partial charge is 0.166 e. The maximum absolute atomic E-state index is 14.3. The van der Waals surface area contributed by atoms with Crippen LogP contribution in [0, 0.1) is 29.4 Å². The normalized spacial score (nSPS) is 25.7. The van der Waals surface area contributed by atoms with Crippen molar-refractivity contribution in [1.82, 2.24) is 0 Å². The van der Waals surface area contributed by atoms with Crippen LogP contribution in [0.25, 0.3) is 6.08 Å². The zero-order chi connectivity index (χ0) is 20.1. The van der Waals surface area contributed by atoms with Gasteiger partial charge in [-0.2, -0.15) is 0 Å². The summed E-state index contributed by atoms with van der Waals surface area (Å²) in [5.74, 6) is -0.565. The lowest BCUT2D eigenvalue weighted by atomic mass is 9.76. The summed E-state index contributed by atoms with van der Waals surface area (Å²) in [7, 11) is 0. The second kappa shape index (κ2) is 9.62. The Labute approximate surface area is 167 Å². The summed E-state index contributed by atoms with van der Waals surface area (Å²) in [6.07, 6.45) is 14.8. The third kappa shape index (κ3) is 4.79. The molecular formula is C25H31F3. The number of benzene rings is 1. The van der Waals surface area contributed by atoms with Crippen molar-refractivity contribution < 1.29 is 13.2 Å². The standard InChI is InChI=1S/C25H31F3/c1-3-5-20-13-14-21(25(28)24(20)27)11-8-17-6-9-19(10-7-17)22-15-12-18(4-2)23(26)16-22/h8,11,13-19H,3-7,9-10,12H2,1-2H3/b11-8+/t17?,18-,19?/m0/s1. The quantitative estimate of drug-likeness (QED) is 0.464. The average molecular weight is 389 g/mol. The van der Waals surface area contributed by atoms with Crippen LogP contribution >= 0.6 is 0 Å². The van der Waals surface area contributed by atoms with Crippen LogP contribution in [0.5, 0.6) is 0 Å². The molecule has 3 heteroatoms. The minimum atomic E-state index is -0.741. The van der Waals surface area contributed by atoms with Gasteiger partial charge < -0.3 is 0 Å². The van der Waals surface area contributed by atoms with Gasteiger partial charge in [0.05, 0.1) is 0 Å². The molecule has 0 saturated heterocycles. The van der Waals surface area contributed by atoms with Gasteiger partial charge in [0.2, 0.25) is 0 Å². The molecule has 0 N–H and O–H groups in total. The molecular weight excluding hydrogens is 357 g/mol. The fourth-order valence-corrected chi connectivity index (χ4v) is 4.45. The average Bonchev–Trinajstić information content (AvgIpc) is 2.71. The van der Waals surface area contributed by atoms with E-state index >= 15 is 0 Å². The summed E-state index contributed by atoms with van der Waals surface area (Å²) in [5, 5.41) is 0. The van der Waals surface area contributed by atoms with Crippen LogP contribution in [0.3, 0.4) is 0 Å². The molecule has 1 saturated carbocycles. The van der Waals surface area contributed by atoms with E-state index < -0.39 is 11.6 Å². The summed E-state index contributed by atoms with van der Waals surface area (Å²) in [6.45, 7) is 3.98. The molecule has 28 heavy (non-hydrogen) atoms. The minimum absolute atomic E-state index is 0.0334. The molecule has 3 rings (SSSR count). The van der Waals surface area contributed by atoms with Crippen molar-refractivity contribution in [2.45, 2.75) is 65.2 Å². The minimum Gasteiger partial charge on any atom is -0.212 e. The molecule has 152 valence electrons. The van der Waals surface area contributed by atoms with Gasteiger partial charge in [0.15, 0.2) is 11.6 Å². The Morgan fingerprint density at radius 2 is 1.75 bits per heavy atom. The van der Waals surface area contributed by atoms with Gasteiger partial charge in [-0.25, -0.2) is 13.2 Å². The number of rotatable bonds is 6.